The Morgan fingerprint density at radius 1 is 1.04 bits per heavy atom. The lowest BCUT2D eigenvalue weighted by Gasteiger charge is -2.16. The van der Waals surface area contributed by atoms with Crippen molar-refractivity contribution in [2.24, 2.45) is 0 Å². The normalized spacial score (nSPS) is 11.9. The number of aromatic nitrogens is 1. The molecule has 27 heavy (non-hydrogen) atoms. The highest BCUT2D eigenvalue weighted by Gasteiger charge is 2.23. The van der Waals surface area contributed by atoms with E-state index >= 15 is 0 Å². The SMILES string of the molecule is Cc1cccc(NC(=O)C(C)OC(=O)c2c(C)nc3ccccc3c2C)c1. The maximum atomic E-state index is 12.7. The van der Waals surface area contributed by atoms with E-state index in [4.69, 9.17) is 4.74 Å². The highest BCUT2D eigenvalue weighted by Crippen LogP contribution is 2.23. The molecule has 5 heteroatoms. The number of nitrogens with zero attached hydrogens (tertiary/aromatic N) is 1. The van der Waals surface area contributed by atoms with Crippen molar-refractivity contribution in [3.05, 3.63) is 70.9 Å². The molecule has 0 saturated heterocycles. The molecule has 0 fully saturated rings. The number of rotatable bonds is 4. The number of ether oxygens (including phenoxy) is 1. The van der Waals surface area contributed by atoms with Crippen molar-refractivity contribution >= 4 is 28.5 Å². The fourth-order valence-corrected chi connectivity index (χ4v) is 3.07. The number of benzene rings is 2. The lowest BCUT2D eigenvalue weighted by Crippen LogP contribution is -2.30. The maximum absolute atomic E-state index is 12.7. The minimum absolute atomic E-state index is 0.377. The van der Waals surface area contributed by atoms with E-state index in [9.17, 15) is 9.59 Å². The number of hydrogen-bond donors (Lipinski definition) is 1. The number of fused-ring (bicyclic) bond motifs is 1. The number of hydrogen-bond acceptors (Lipinski definition) is 4. The Balaban J connectivity index is 1.78. The third-order valence-electron chi connectivity index (χ3n) is 4.48. The molecule has 0 aliphatic carbocycles. The Bertz CT molecular complexity index is 1030. The number of esters is 1. The molecule has 0 bridgehead atoms. The van der Waals surface area contributed by atoms with Crippen molar-refractivity contribution in [3.63, 3.8) is 0 Å². The van der Waals surface area contributed by atoms with Gasteiger partial charge in [0.15, 0.2) is 6.10 Å². The molecule has 0 aliphatic heterocycles. The fourth-order valence-electron chi connectivity index (χ4n) is 3.07. The molecule has 0 aliphatic rings. The molecule has 3 aromatic rings. The number of amides is 1. The van der Waals surface area contributed by atoms with Crippen LogP contribution in [0.2, 0.25) is 0 Å². The highest BCUT2D eigenvalue weighted by molar-refractivity contribution is 6.01. The number of pyridine rings is 1. The first-order valence-electron chi connectivity index (χ1n) is 8.81. The van der Waals surface area contributed by atoms with E-state index in [1.165, 1.54) is 0 Å². The molecule has 138 valence electrons. The molecule has 0 saturated carbocycles. The quantitative estimate of drug-likeness (QED) is 0.701. The van der Waals surface area contributed by atoms with Crippen molar-refractivity contribution < 1.29 is 14.3 Å². The van der Waals surface area contributed by atoms with Crippen molar-refractivity contribution in [1.82, 2.24) is 4.98 Å². The van der Waals surface area contributed by atoms with Crippen LogP contribution in [0.25, 0.3) is 10.9 Å². The largest absolute Gasteiger partial charge is 0.449 e. The van der Waals surface area contributed by atoms with Crippen LogP contribution in [0, 0.1) is 20.8 Å². The van der Waals surface area contributed by atoms with Crippen LogP contribution in [-0.4, -0.2) is 23.0 Å². The molecule has 1 aromatic heterocycles. The zero-order valence-electron chi connectivity index (χ0n) is 15.9. The fraction of sp³-hybridized carbons (Fsp3) is 0.227. The minimum atomic E-state index is -0.928. The zero-order valence-corrected chi connectivity index (χ0v) is 15.9. The highest BCUT2D eigenvalue weighted by atomic mass is 16.5. The maximum Gasteiger partial charge on any atom is 0.341 e. The zero-order chi connectivity index (χ0) is 19.6. The minimum Gasteiger partial charge on any atom is -0.449 e. The summed E-state index contributed by atoms with van der Waals surface area (Å²) in [6.07, 6.45) is -0.928. The molecule has 0 spiro atoms. The molecule has 1 amide bonds. The average molecular weight is 362 g/mol. The van der Waals surface area contributed by atoms with Gasteiger partial charge < -0.3 is 10.1 Å². The third kappa shape index (κ3) is 3.97. The number of nitrogens with one attached hydrogen (secondary N) is 1. The van der Waals surface area contributed by atoms with E-state index in [2.05, 4.69) is 10.3 Å². The molecule has 1 N–H and O–H groups in total. The van der Waals surface area contributed by atoms with Gasteiger partial charge in [0.25, 0.3) is 5.91 Å². The van der Waals surface area contributed by atoms with Crippen molar-refractivity contribution in [2.75, 3.05) is 5.32 Å². The van der Waals surface area contributed by atoms with Gasteiger partial charge in [0, 0.05) is 11.1 Å². The second kappa shape index (κ2) is 7.58. The van der Waals surface area contributed by atoms with E-state index in [1.54, 1.807) is 19.9 Å². The molecular weight excluding hydrogens is 340 g/mol. The Labute approximate surface area is 158 Å². The summed E-state index contributed by atoms with van der Waals surface area (Å²) in [7, 11) is 0. The van der Waals surface area contributed by atoms with E-state index in [0.29, 0.717) is 16.9 Å². The van der Waals surface area contributed by atoms with Gasteiger partial charge in [-0.2, -0.15) is 0 Å². The van der Waals surface area contributed by atoms with Crippen LogP contribution in [0.1, 0.15) is 34.1 Å². The van der Waals surface area contributed by atoms with Crippen molar-refractivity contribution in [3.8, 4) is 0 Å². The lowest BCUT2D eigenvalue weighted by molar-refractivity contribution is -0.123. The van der Waals surface area contributed by atoms with Crippen LogP contribution in [0.4, 0.5) is 5.69 Å². The van der Waals surface area contributed by atoms with E-state index in [-0.39, 0.29) is 5.91 Å². The number of anilines is 1. The standard InChI is InChI=1S/C22H22N2O3/c1-13-8-7-9-17(12-13)24-21(25)16(4)27-22(26)20-14(2)18-10-5-6-11-19(18)23-15(20)3/h5-12,16H,1-4H3,(H,24,25). The molecule has 1 unspecified atom stereocenters. The first kappa shape index (κ1) is 18.6. The van der Waals surface area contributed by atoms with Gasteiger partial charge in [0.1, 0.15) is 0 Å². The Hall–Kier alpha value is -3.21. The summed E-state index contributed by atoms with van der Waals surface area (Å²) < 4.78 is 5.42. The number of carbonyl (C=O) groups excluding carboxylic acids is 2. The van der Waals surface area contributed by atoms with E-state index < -0.39 is 12.1 Å². The lowest BCUT2D eigenvalue weighted by atomic mass is 10.0. The second-order valence-corrected chi connectivity index (χ2v) is 6.62. The predicted octanol–water partition coefficient (Wildman–Crippen LogP) is 4.34. The molecular formula is C22H22N2O3. The predicted molar refractivity (Wildman–Crippen MR) is 106 cm³/mol. The van der Waals surface area contributed by atoms with Crippen LogP contribution in [0.3, 0.4) is 0 Å². The van der Waals surface area contributed by atoms with Gasteiger partial charge in [0.05, 0.1) is 16.8 Å². The summed E-state index contributed by atoms with van der Waals surface area (Å²) >= 11 is 0. The van der Waals surface area contributed by atoms with Gasteiger partial charge in [-0.3, -0.25) is 9.78 Å². The van der Waals surface area contributed by atoms with Crippen LogP contribution in [0.15, 0.2) is 48.5 Å². The van der Waals surface area contributed by atoms with Crippen LogP contribution >= 0.6 is 0 Å². The summed E-state index contributed by atoms with van der Waals surface area (Å²) in [6, 6.07) is 15.1. The third-order valence-corrected chi connectivity index (χ3v) is 4.48. The van der Waals surface area contributed by atoms with E-state index in [1.807, 2.05) is 56.3 Å². The smallest absolute Gasteiger partial charge is 0.341 e. The molecule has 1 atom stereocenters. The van der Waals surface area contributed by atoms with Crippen LogP contribution in [0.5, 0.6) is 0 Å². The summed E-state index contributed by atoms with van der Waals surface area (Å²) in [5.74, 6) is -0.923. The van der Waals surface area contributed by atoms with Gasteiger partial charge in [-0.05, 0) is 57.0 Å². The van der Waals surface area contributed by atoms with Gasteiger partial charge >= 0.3 is 5.97 Å². The first-order chi connectivity index (χ1) is 12.9. The summed E-state index contributed by atoms with van der Waals surface area (Å²) in [5, 5.41) is 3.66. The van der Waals surface area contributed by atoms with Crippen LogP contribution in [-0.2, 0) is 9.53 Å². The number of para-hydroxylation sites is 1. The summed E-state index contributed by atoms with van der Waals surface area (Å²) in [5.41, 5.74) is 4.32. The van der Waals surface area contributed by atoms with Crippen molar-refractivity contribution in [2.45, 2.75) is 33.8 Å². The van der Waals surface area contributed by atoms with Crippen LogP contribution < -0.4 is 5.32 Å². The number of aryl methyl sites for hydroxylation is 3. The Morgan fingerprint density at radius 2 is 1.78 bits per heavy atom. The summed E-state index contributed by atoms with van der Waals surface area (Å²) in [6.45, 7) is 7.14. The van der Waals surface area contributed by atoms with Gasteiger partial charge in [-0.25, -0.2) is 4.79 Å². The van der Waals surface area contributed by atoms with E-state index in [0.717, 1.165) is 22.0 Å². The Kier molecular flexibility index (Phi) is 5.21. The second-order valence-electron chi connectivity index (χ2n) is 6.62. The van der Waals surface area contributed by atoms with Crippen molar-refractivity contribution in [1.29, 1.82) is 0 Å². The average Bonchev–Trinajstić information content (AvgIpc) is 2.61. The molecule has 1 heterocycles. The summed E-state index contributed by atoms with van der Waals surface area (Å²) in [4.78, 5) is 29.6. The monoisotopic (exact) mass is 362 g/mol. The van der Waals surface area contributed by atoms with Gasteiger partial charge in [0.2, 0.25) is 0 Å². The molecule has 5 nitrogen and oxygen atoms in total. The Morgan fingerprint density at radius 3 is 2.52 bits per heavy atom. The molecule has 3 rings (SSSR count). The number of carbonyl (C=O) groups is 2. The topological polar surface area (TPSA) is 68.3 Å². The first-order valence-corrected chi connectivity index (χ1v) is 8.81. The molecule has 2 aromatic carbocycles. The van der Waals surface area contributed by atoms with Gasteiger partial charge in [-0.15, -0.1) is 0 Å². The van der Waals surface area contributed by atoms with Gasteiger partial charge in [-0.1, -0.05) is 30.3 Å². The molecule has 0 radical (unpaired) electrons.